The number of nitrogens with zero attached hydrogens (tertiary/aromatic N) is 3. The van der Waals surface area contributed by atoms with Gasteiger partial charge in [-0.2, -0.15) is 0 Å². The fourth-order valence-corrected chi connectivity index (χ4v) is 2.70. The second kappa shape index (κ2) is 4.49. The molecule has 1 atom stereocenters. The molecule has 1 aliphatic rings. The van der Waals surface area contributed by atoms with Gasteiger partial charge in [-0.15, -0.1) is 0 Å². The van der Waals surface area contributed by atoms with E-state index in [0.717, 1.165) is 16.6 Å². The van der Waals surface area contributed by atoms with Gasteiger partial charge in [0.2, 0.25) is 5.95 Å². The second-order valence-electron chi connectivity index (χ2n) is 4.86. The Morgan fingerprint density at radius 3 is 2.67 bits per heavy atom. The highest BCUT2D eigenvalue weighted by Gasteiger charge is 2.24. The molecule has 2 heterocycles. The van der Waals surface area contributed by atoms with E-state index >= 15 is 0 Å². The highest BCUT2D eigenvalue weighted by molar-refractivity contribution is 6.30. The average Bonchev–Trinajstić information content (AvgIpc) is 2.85. The number of nitrogens with one attached hydrogen (secondary N) is 1. The number of para-hydroxylation sites is 2. The molecule has 4 rings (SSSR count). The van der Waals surface area contributed by atoms with E-state index in [1.807, 2.05) is 53.1 Å². The van der Waals surface area contributed by atoms with Crippen LogP contribution in [0.25, 0.3) is 11.0 Å². The van der Waals surface area contributed by atoms with Crippen molar-refractivity contribution in [1.29, 1.82) is 0 Å². The van der Waals surface area contributed by atoms with Gasteiger partial charge in [0.1, 0.15) is 0 Å². The number of halogens is 1. The Labute approximate surface area is 126 Å². The number of aromatic nitrogens is 2. The molecule has 21 heavy (non-hydrogen) atoms. The van der Waals surface area contributed by atoms with Crippen molar-refractivity contribution >= 4 is 34.5 Å². The van der Waals surface area contributed by atoms with Crippen molar-refractivity contribution in [3.8, 4) is 0 Å². The largest absolute Gasteiger partial charge is 0.370 e. The Bertz CT molecular complexity index is 850. The smallest absolute Gasteiger partial charge is 0.212 e. The third kappa shape index (κ3) is 1.94. The lowest BCUT2D eigenvalue weighted by atomic mass is 10.1. The van der Waals surface area contributed by atoms with Crippen molar-refractivity contribution < 1.29 is 0 Å². The van der Waals surface area contributed by atoms with Crippen LogP contribution in [0.4, 0.5) is 5.95 Å². The summed E-state index contributed by atoms with van der Waals surface area (Å²) in [5, 5.41) is 3.71. The first-order chi connectivity index (χ1) is 10.2. The molecule has 2 aromatic carbocycles. The quantitative estimate of drug-likeness (QED) is 0.725. The molecule has 1 aliphatic heterocycles. The van der Waals surface area contributed by atoms with E-state index in [-0.39, 0.29) is 6.17 Å². The summed E-state index contributed by atoms with van der Waals surface area (Å²) in [6.45, 7) is 0. The van der Waals surface area contributed by atoms with Gasteiger partial charge in [-0.1, -0.05) is 35.9 Å². The fourth-order valence-electron chi connectivity index (χ4n) is 2.58. The topological polar surface area (TPSA) is 68.2 Å². The maximum Gasteiger partial charge on any atom is 0.212 e. The molecular formula is C15H12ClN5. The van der Waals surface area contributed by atoms with Crippen molar-refractivity contribution in [2.24, 2.45) is 10.7 Å². The first-order valence-electron chi connectivity index (χ1n) is 6.55. The normalized spacial score (nSPS) is 17.2. The number of rotatable bonds is 1. The van der Waals surface area contributed by atoms with Crippen LogP contribution in [-0.4, -0.2) is 15.5 Å². The molecule has 0 spiro atoms. The molecule has 0 radical (unpaired) electrons. The van der Waals surface area contributed by atoms with Crippen LogP contribution in [0.15, 0.2) is 53.5 Å². The molecule has 0 bridgehead atoms. The van der Waals surface area contributed by atoms with E-state index in [9.17, 15) is 0 Å². The van der Waals surface area contributed by atoms with E-state index in [2.05, 4.69) is 15.3 Å². The Morgan fingerprint density at radius 1 is 1.10 bits per heavy atom. The van der Waals surface area contributed by atoms with E-state index in [4.69, 9.17) is 17.3 Å². The van der Waals surface area contributed by atoms with Gasteiger partial charge in [-0.25, -0.2) is 9.98 Å². The van der Waals surface area contributed by atoms with Crippen LogP contribution in [0.3, 0.4) is 0 Å². The summed E-state index contributed by atoms with van der Waals surface area (Å²) in [6.07, 6.45) is -0.245. The zero-order valence-corrected chi connectivity index (χ0v) is 11.7. The van der Waals surface area contributed by atoms with E-state index in [0.29, 0.717) is 16.9 Å². The Balaban J connectivity index is 1.95. The molecule has 0 amide bonds. The molecule has 0 aliphatic carbocycles. The summed E-state index contributed by atoms with van der Waals surface area (Å²) in [5.41, 5.74) is 8.81. The Morgan fingerprint density at radius 2 is 1.86 bits per heavy atom. The number of aliphatic imine (C=N–C) groups is 1. The van der Waals surface area contributed by atoms with Gasteiger partial charge in [0.05, 0.1) is 11.0 Å². The lowest BCUT2D eigenvalue weighted by Gasteiger charge is -2.23. The molecule has 104 valence electrons. The van der Waals surface area contributed by atoms with Crippen molar-refractivity contribution in [3.63, 3.8) is 0 Å². The molecule has 5 nitrogen and oxygen atoms in total. The van der Waals surface area contributed by atoms with Gasteiger partial charge < -0.3 is 5.73 Å². The number of hydrogen-bond donors (Lipinski definition) is 2. The van der Waals surface area contributed by atoms with Gasteiger partial charge >= 0.3 is 0 Å². The van der Waals surface area contributed by atoms with Crippen LogP contribution in [0.2, 0.25) is 5.02 Å². The number of imidazole rings is 1. The van der Waals surface area contributed by atoms with Crippen molar-refractivity contribution in [3.05, 3.63) is 59.1 Å². The summed E-state index contributed by atoms with van der Waals surface area (Å²) in [6, 6.07) is 15.5. The minimum atomic E-state index is -0.245. The molecule has 3 N–H and O–H groups in total. The molecule has 0 unspecified atom stereocenters. The summed E-state index contributed by atoms with van der Waals surface area (Å²) in [7, 11) is 0. The monoisotopic (exact) mass is 297 g/mol. The van der Waals surface area contributed by atoms with Crippen LogP contribution in [0, 0.1) is 0 Å². The molecular weight excluding hydrogens is 286 g/mol. The van der Waals surface area contributed by atoms with Crippen LogP contribution < -0.4 is 11.1 Å². The first-order valence-corrected chi connectivity index (χ1v) is 6.93. The van der Waals surface area contributed by atoms with Crippen LogP contribution in [0.1, 0.15) is 11.7 Å². The zero-order chi connectivity index (χ0) is 14.4. The Kier molecular flexibility index (Phi) is 2.62. The summed E-state index contributed by atoms with van der Waals surface area (Å²) < 4.78 is 2.04. The van der Waals surface area contributed by atoms with E-state index in [1.165, 1.54) is 0 Å². The van der Waals surface area contributed by atoms with Gasteiger partial charge in [-0.3, -0.25) is 9.88 Å². The molecule has 0 saturated carbocycles. The number of guanidine groups is 1. The Hall–Kier alpha value is -2.53. The van der Waals surface area contributed by atoms with E-state index in [1.54, 1.807) is 0 Å². The maximum absolute atomic E-state index is 5.96. The maximum atomic E-state index is 5.96. The van der Waals surface area contributed by atoms with Crippen LogP contribution in [-0.2, 0) is 0 Å². The number of benzene rings is 2. The lowest BCUT2D eigenvalue weighted by Crippen LogP contribution is -2.31. The van der Waals surface area contributed by atoms with Crippen molar-refractivity contribution in [1.82, 2.24) is 9.55 Å². The number of nitrogens with two attached hydrogens (primary N) is 1. The standard InChI is InChI=1S/C15H12ClN5/c16-10-7-5-9(6-8-10)13-19-14(17)20-15-18-11-3-1-2-4-12(11)21(13)15/h1-8,13H,(H3,17,18,19,20)/t13-/m0/s1. The minimum Gasteiger partial charge on any atom is -0.370 e. The summed E-state index contributed by atoms with van der Waals surface area (Å²) in [4.78, 5) is 9.07. The fraction of sp³-hybridized carbons (Fsp3) is 0.0667. The van der Waals surface area contributed by atoms with E-state index < -0.39 is 0 Å². The van der Waals surface area contributed by atoms with Gasteiger partial charge in [0, 0.05) is 5.02 Å². The van der Waals surface area contributed by atoms with Crippen molar-refractivity contribution in [2.45, 2.75) is 6.17 Å². The number of anilines is 1. The SMILES string of the molecule is NC1=N[C@H](c2ccc(Cl)cc2)n2c(nc3ccccc32)N1. The summed E-state index contributed by atoms with van der Waals surface area (Å²) >= 11 is 5.96. The molecule has 0 fully saturated rings. The third-order valence-electron chi connectivity index (χ3n) is 3.51. The molecule has 0 saturated heterocycles. The average molecular weight is 298 g/mol. The van der Waals surface area contributed by atoms with Crippen molar-refractivity contribution in [2.75, 3.05) is 5.32 Å². The molecule has 3 aromatic rings. The number of hydrogen-bond acceptors (Lipinski definition) is 4. The van der Waals surface area contributed by atoms with Gasteiger partial charge in [-0.05, 0) is 29.8 Å². The molecule has 6 heteroatoms. The van der Waals surface area contributed by atoms with Crippen LogP contribution >= 0.6 is 11.6 Å². The van der Waals surface area contributed by atoms with Crippen LogP contribution in [0.5, 0.6) is 0 Å². The lowest BCUT2D eigenvalue weighted by molar-refractivity contribution is 0.626. The number of fused-ring (bicyclic) bond motifs is 3. The second-order valence-corrected chi connectivity index (χ2v) is 5.30. The first kappa shape index (κ1) is 12.2. The summed E-state index contributed by atoms with van der Waals surface area (Å²) in [5.74, 6) is 1.06. The molecule has 1 aromatic heterocycles. The predicted molar refractivity (Wildman–Crippen MR) is 84.6 cm³/mol. The highest BCUT2D eigenvalue weighted by Crippen LogP contribution is 2.32. The third-order valence-corrected chi connectivity index (χ3v) is 3.76. The highest BCUT2D eigenvalue weighted by atomic mass is 35.5. The van der Waals surface area contributed by atoms with Gasteiger partial charge in [0.25, 0.3) is 0 Å². The zero-order valence-electron chi connectivity index (χ0n) is 11.0. The predicted octanol–water partition coefficient (Wildman–Crippen LogP) is 2.98. The van der Waals surface area contributed by atoms with Gasteiger partial charge in [0.15, 0.2) is 12.1 Å². The minimum absolute atomic E-state index is 0.245.